The van der Waals surface area contributed by atoms with Gasteiger partial charge in [0, 0.05) is 19.6 Å². The molecule has 3 aromatic rings. The lowest BCUT2D eigenvalue weighted by Gasteiger charge is -2.43. The Bertz CT molecular complexity index is 1100. The highest BCUT2D eigenvalue weighted by Gasteiger charge is 2.37. The Hall–Kier alpha value is -2.83. The molecule has 0 radical (unpaired) electrons. The summed E-state index contributed by atoms with van der Waals surface area (Å²) in [5.41, 5.74) is 1.99. The van der Waals surface area contributed by atoms with Crippen LogP contribution in [-0.2, 0) is 16.6 Å². The first kappa shape index (κ1) is 22.4. The summed E-state index contributed by atoms with van der Waals surface area (Å²) in [5.74, 6) is 0.818. The van der Waals surface area contributed by atoms with E-state index < -0.39 is 10.0 Å². The molecule has 32 heavy (non-hydrogen) atoms. The third kappa shape index (κ3) is 4.81. The summed E-state index contributed by atoms with van der Waals surface area (Å²) in [6.07, 6.45) is 0.776. The number of likely N-dealkylation sites (tertiary alicyclic amines) is 1. The molecule has 4 rings (SSSR count). The van der Waals surface area contributed by atoms with E-state index in [1.807, 2.05) is 36.4 Å². The van der Waals surface area contributed by atoms with Gasteiger partial charge in [-0.2, -0.15) is 0 Å². The highest BCUT2D eigenvalue weighted by atomic mass is 32.2. The molecule has 5 nitrogen and oxygen atoms in total. The number of methoxy groups -OCH3 is 1. The fourth-order valence-corrected chi connectivity index (χ4v) is 6.27. The molecule has 1 aliphatic rings. The standard InChI is InChI=1S/C26H30N2O3S/c1-21-19-27(20-22-9-5-3-6-10-22)18-17-26(21)28(23-11-7-4-8-12-23)32(29,30)25-15-13-24(31-2)14-16-25/h3-16,21,26H,17-20H2,1-2H3/t21-,26+/m1/s1. The van der Waals surface area contributed by atoms with Crippen LogP contribution in [-0.4, -0.2) is 39.6 Å². The monoisotopic (exact) mass is 450 g/mol. The van der Waals surface area contributed by atoms with E-state index >= 15 is 0 Å². The number of rotatable bonds is 7. The van der Waals surface area contributed by atoms with E-state index in [0.29, 0.717) is 11.4 Å². The first-order chi connectivity index (χ1) is 15.5. The molecule has 0 unspecified atom stereocenters. The van der Waals surface area contributed by atoms with Gasteiger partial charge in [0.05, 0.1) is 23.7 Å². The van der Waals surface area contributed by atoms with Crippen molar-refractivity contribution in [3.63, 3.8) is 0 Å². The molecular formula is C26H30N2O3S. The highest BCUT2D eigenvalue weighted by molar-refractivity contribution is 7.92. The number of piperidine rings is 1. The number of hydrogen-bond acceptors (Lipinski definition) is 4. The summed E-state index contributed by atoms with van der Waals surface area (Å²) in [6.45, 7) is 4.74. The van der Waals surface area contributed by atoms with Crippen molar-refractivity contribution in [2.75, 3.05) is 24.5 Å². The number of nitrogens with zero attached hydrogens (tertiary/aromatic N) is 2. The van der Waals surface area contributed by atoms with Crippen LogP contribution in [0.5, 0.6) is 5.75 Å². The summed E-state index contributed by atoms with van der Waals surface area (Å²) in [5, 5.41) is 0. The van der Waals surface area contributed by atoms with Gasteiger partial charge in [0.1, 0.15) is 5.75 Å². The van der Waals surface area contributed by atoms with E-state index in [2.05, 4.69) is 36.1 Å². The molecule has 0 spiro atoms. The summed E-state index contributed by atoms with van der Waals surface area (Å²) in [7, 11) is -2.15. The molecule has 1 fully saturated rings. The Morgan fingerprint density at radius 2 is 1.56 bits per heavy atom. The second-order valence-electron chi connectivity index (χ2n) is 8.37. The van der Waals surface area contributed by atoms with Crippen LogP contribution >= 0.6 is 0 Å². The molecule has 2 atom stereocenters. The van der Waals surface area contributed by atoms with E-state index in [4.69, 9.17) is 4.74 Å². The Labute approximate surface area is 191 Å². The van der Waals surface area contributed by atoms with Crippen molar-refractivity contribution in [1.29, 1.82) is 0 Å². The van der Waals surface area contributed by atoms with Crippen molar-refractivity contribution in [3.05, 3.63) is 90.5 Å². The maximum atomic E-state index is 13.8. The van der Waals surface area contributed by atoms with Crippen LogP contribution in [0.15, 0.2) is 89.8 Å². The van der Waals surface area contributed by atoms with E-state index in [0.717, 1.165) is 26.1 Å². The SMILES string of the molecule is COc1ccc(S(=O)(=O)N(c2ccccc2)[C@H]2CCN(Cc3ccccc3)C[C@H]2C)cc1. The minimum Gasteiger partial charge on any atom is -0.497 e. The number of para-hydroxylation sites is 1. The fraction of sp³-hybridized carbons (Fsp3) is 0.308. The third-order valence-corrected chi connectivity index (χ3v) is 7.99. The van der Waals surface area contributed by atoms with Gasteiger partial charge in [0.2, 0.25) is 0 Å². The van der Waals surface area contributed by atoms with Crippen molar-refractivity contribution < 1.29 is 13.2 Å². The van der Waals surface area contributed by atoms with Gasteiger partial charge in [-0.25, -0.2) is 8.42 Å². The van der Waals surface area contributed by atoms with E-state index in [-0.39, 0.29) is 16.9 Å². The number of sulfonamides is 1. The molecule has 0 aromatic heterocycles. The maximum Gasteiger partial charge on any atom is 0.264 e. The van der Waals surface area contributed by atoms with Crippen LogP contribution in [0.2, 0.25) is 0 Å². The predicted octanol–water partition coefficient (Wildman–Crippen LogP) is 4.80. The van der Waals surface area contributed by atoms with Crippen LogP contribution in [0.3, 0.4) is 0 Å². The van der Waals surface area contributed by atoms with Crippen molar-refractivity contribution in [1.82, 2.24) is 4.90 Å². The summed E-state index contributed by atoms with van der Waals surface area (Å²) >= 11 is 0. The smallest absolute Gasteiger partial charge is 0.264 e. The molecule has 0 saturated carbocycles. The maximum absolute atomic E-state index is 13.8. The van der Waals surface area contributed by atoms with Gasteiger partial charge >= 0.3 is 0 Å². The molecular weight excluding hydrogens is 420 g/mol. The van der Waals surface area contributed by atoms with Gasteiger partial charge in [-0.1, -0.05) is 55.5 Å². The third-order valence-electron chi connectivity index (χ3n) is 6.12. The van der Waals surface area contributed by atoms with E-state index in [1.165, 1.54) is 5.56 Å². The zero-order valence-corrected chi connectivity index (χ0v) is 19.4. The van der Waals surface area contributed by atoms with E-state index in [9.17, 15) is 8.42 Å². The van der Waals surface area contributed by atoms with Crippen molar-refractivity contribution >= 4 is 15.7 Å². The second-order valence-corrected chi connectivity index (χ2v) is 10.2. The van der Waals surface area contributed by atoms with Gasteiger partial charge in [0.15, 0.2) is 0 Å². The molecule has 1 heterocycles. The van der Waals surface area contributed by atoms with Gasteiger partial charge < -0.3 is 4.74 Å². The number of benzene rings is 3. The van der Waals surface area contributed by atoms with Gasteiger partial charge in [-0.15, -0.1) is 0 Å². The van der Waals surface area contributed by atoms with Gasteiger partial charge in [-0.05, 0) is 54.3 Å². The lowest BCUT2D eigenvalue weighted by atomic mass is 9.93. The van der Waals surface area contributed by atoms with Crippen LogP contribution in [0.1, 0.15) is 18.9 Å². The average molecular weight is 451 g/mol. The van der Waals surface area contributed by atoms with Crippen LogP contribution in [0, 0.1) is 5.92 Å². The Morgan fingerprint density at radius 1 is 0.938 bits per heavy atom. The minimum absolute atomic E-state index is 0.114. The Morgan fingerprint density at radius 3 is 2.16 bits per heavy atom. The number of ether oxygens (including phenoxy) is 1. The summed E-state index contributed by atoms with van der Waals surface area (Å²) in [4.78, 5) is 2.70. The first-order valence-electron chi connectivity index (χ1n) is 11.0. The summed E-state index contributed by atoms with van der Waals surface area (Å²) in [6, 6.07) is 26.4. The second kappa shape index (κ2) is 9.76. The zero-order valence-electron chi connectivity index (χ0n) is 18.6. The molecule has 0 bridgehead atoms. The Kier molecular flexibility index (Phi) is 6.82. The lowest BCUT2D eigenvalue weighted by molar-refractivity contribution is 0.159. The topological polar surface area (TPSA) is 49.9 Å². The highest BCUT2D eigenvalue weighted by Crippen LogP contribution is 2.33. The normalized spacial score (nSPS) is 19.4. The first-order valence-corrected chi connectivity index (χ1v) is 12.4. The largest absolute Gasteiger partial charge is 0.497 e. The lowest BCUT2D eigenvalue weighted by Crippen LogP contribution is -2.52. The van der Waals surface area contributed by atoms with Crippen molar-refractivity contribution in [2.24, 2.45) is 5.92 Å². The van der Waals surface area contributed by atoms with Crippen LogP contribution in [0.4, 0.5) is 5.69 Å². The van der Waals surface area contributed by atoms with Crippen molar-refractivity contribution in [3.8, 4) is 5.75 Å². The molecule has 0 N–H and O–H groups in total. The molecule has 0 amide bonds. The summed E-state index contributed by atoms with van der Waals surface area (Å²) < 4.78 is 34.5. The van der Waals surface area contributed by atoms with Crippen LogP contribution < -0.4 is 9.04 Å². The van der Waals surface area contributed by atoms with Gasteiger partial charge in [-0.3, -0.25) is 9.21 Å². The number of anilines is 1. The zero-order chi connectivity index (χ0) is 22.6. The molecule has 1 saturated heterocycles. The molecule has 168 valence electrons. The number of hydrogen-bond donors (Lipinski definition) is 0. The molecule has 3 aromatic carbocycles. The van der Waals surface area contributed by atoms with E-state index in [1.54, 1.807) is 35.7 Å². The quantitative estimate of drug-likeness (QED) is 0.519. The predicted molar refractivity (Wildman–Crippen MR) is 128 cm³/mol. The molecule has 6 heteroatoms. The minimum atomic E-state index is -3.73. The average Bonchev–Trinajstić information content (AvgIpc) is 2.82. The van der Waals surface area contributed by atoms with Crippen LogP contribution in [0.25, 0.3) is 0 Å². The fourth-order valence-electron chi connectivity index (χ4n) is 4.50. The molecule has 0 aliphatic carbocycles. The van der Waals surface area contributed by atoms with Crippen molar-refractivity contribution in [2.45, 2.75) is 30.8 Å². The molecule has 1 aliphatic heterocycles. The van der Waals surface area contributed by atoms with Gasteiger partial charge in [0.25, 0.3) is 10.0 Å². The Balaban J connectivity index is 1.61.